The van der Waals surface area contributed by atoms with Gasteiger partial charge in [0, 0.05) is 5.41 Å². The Morgan fingerprint density at radius 1 is 1.32 bits per heavy atom. The molecule has 2 aromatic rings. The molecule has 174 valence electrons. The largest absolute Gasteiger partial charge is 0.382 e. The third-order valence-electron chi connectivity index (χ3n) is 4.80. The predicted octanol–water partition coefficient (Wildman–Crippen LogP) is 1.84. The number of anilines is 1. The highest BCUT2D eigenvalue weighted by molar-refractivity contribution is 6.07. The molecular weight excluding hydrogens is 430 g/mol. The molecule has 0 saturated carbocycles. The zero-order valence-corrected chi connectivity index (χ0v) is 19.5. The van der Waals surface area contributed by atoms with Gasteiger partial charge in [-0.15, -0.1) is 0 Å². The number of hydrazine groups is 1. The van der Waals surface area contributed by atoms with Crippen molar-refractivity contribution < 1.29 is 4.79 Å². The first-order chi connectivity index (χ1) is 16.2. The number of aromatic nitrogens is 2. The molecule has 0 saturated heterocycles. The molecule has 2 aliphatic rings. The fourth-order valence-corrected chi connectivity index (χ4v) is 3.16. The van der Waals surface area contributed by atoms with Crippen LogP contribution in [-0.4, -0.2) is 45.3 Å². The Morgan fingerprint density at radius 3 is 2.91 bits per heavy atom. The molecule has 1 aromatic carbocycles. The maximum absolute atomic E-state index is 12.8. The van der Waals surface area contributed by atoms with Gasteiger partial charge >= 0.3 is 0 Å². The van der Waals surface area contributed by atoms with E-state index in [-0.39, 0.29) is 29.6 Å². The van der Waals surface area contributed by atoms with E-state index in [2.05, 4.69) is 48.1 Å². The van der Waals surface area contributed by atoms with E-state index >= 15 is 0 Å². The Kier molecular flexibility index (Phi) is 6.19. The summed E-state index contributed by atoms with van der Waals surface area (Å²) in [5, 5.41) is 8.93. The smallest absolute Gasteiger partial charge is 0.273 e. The summed E-state index contributed by atoms with van der Waals surface area (Å²) in [4.78, 5) is 25.8. The van der Waals surface area contributed by atoms with Crippen LogP contribution in [0.3, 0.4) is 0 Å². The van der Waals surface area contributed by atoms with Crippen molar-refractivity contribution in [2.24, 2.45) is 15.5 Å². The maximum atomic E-state index is 12.8. The van der Waals surface area contributed by atoms with Gasteiger partial charge in [-0.3, -0.25) is 15.6 Å². The van der Waals surface area contributed by atoms with Gasteiger partial charge in [0.1, 0.15) is 11.5 Å². The van der Waals surface area contributed by atoms with Crippen molar-refractivity contribution >= 4 is 29.1 Å². The third kappa shape index (κ3) is 5.50. The first-order valence-corrected chi connectivity index (χ1v) is 10.8. The summed E-state index contributed by atoms with van der Waals surface area (Å²) in [5.74, 6) is 6.95. The average Bonchev–Trinajstić information content (AvgIpc) is 3.18. The number of nitrogens with two attached hydrogens (primary N) is 1. The van der Waals surface area contributed by atoms with Crippen molar-refractivity contribution in [2.75, 3.05) is 12.3 Å². The van der Waals surface area contributed by atoms with Crippen molar-refractivity contribution in [1.29, 1.82) is 0 Å². The maximum Gasteiger partial charge on any atom is 0.273 e. The summed E-state index contributed by atoms with van der Waals surface area (Å²) in [6.07, 6.45) is 4.81. The average molecular weight is 458 g/mol. The number of carbonyl (C=O) groups excluding carboxylic acids is 1. The van der Waals surface area contributed by atoms with Crippen LogP contribution in [0.4, 0.5) is 11.5 Å². The van der Waals surface area contributed by atoms with Crippen LogP contribution >= 0.6 is 0 Å². The highest BCUT2D eigenvalue weighted by Gasteiger charge is 2.30. The summed E-state index contributed by atoms with van der Waals surface area (Å²) in [6.45, 7) is 8.22. The lowest BCUT2D eigenvalue weighted by Gasteiger charge is -2.29. The summed E-state index contributed by atoms with van der Waals surface area (Å²) in [6, 6.07) is 7.91. The van der Waals surface area contributed by atoms with Gasteiger partial charge < -0.3 is 11.1 Å². The van der Waals surface area contributed by atoms with Gasteiger partial charge in [0.25, 0.3) is 5.91 Å². The van der Waals surface area contributed by atoms with Crippen molar-refractivity contribution in [3.63, 3.8) is 0 Å². The second kappa shape index (κ2) is 9.23. The summed E-state index contributed by atoms with van der Waals surface area (Å²) >= 11 is 0. The zero-order chi connectivity index (χ0) is 24.3. The number of carbonyl (C=O) groups is 1. The fourth-order valence-electron chi connectivity index (χ4n) is 3.16. The summed E-state index contributed by atoms with van der Waals surface area (Å²) in [7, 11) is 0. The Morgan fingerprint density at radius 2 is 2.15 bits per heavy atom. The van der Waals surface area contributed by atoms with E-state index in [0.29, 0.717) is 17.4 Å². The van der Waals surface area contributed by atoms with Crippen LogP contribution in [0.25, 0.3) is 0 Å². The zero-order valence-electron chi connectivity index (χ0n) is 19.5. The van der Waals surface area contributed by atoms with Crippen LogP contribution in [0.2, 0.25) is 0 Å². The number of hydrazone groups is 1. The van der Waals surface area contributed by atoms with E-state index in [1.165, 1.54) is 6.20 Å². The number of aliphatic imine (C=N–C) groups is 1. The molecule has 1 atom stereocenters. The number of hydrogen-bond donors (Lipinski definition) is 4. The number of hydrogen-bond acceptors (Lipinski definition) is 8. The van der Waals surface area contributed by atoms with E-state index in [4.69, 9.17) is 5.73 Å². The topological polar surface area (TPSA) is 133 Å². The number of aryl methyl sites for hydroxylation is 1. The van der Waals surface area contributed by atoms with Gasteiger partial charge in [-0.05, 0) is 63.5 Å². The number of amidine groups is 2. The van der Waals surface area contributed by atoms with Crippen LogP contribution in [0, 0.1) is 24.2 Å². The molecule has 34 heavy (non-hydrogen) atoms. The normalized spacial score (nSPS) is 17.8. The second-order valence-corrected chi connectivity index (χ2v) is 8.97. The van der Waals surface area contributed by atoms with Gasteiger partial charge in [-0.1, -0.05) is 18.1 Å². The van der Waals surface area contributed by atoms with Crippen LogP contribution in [-0.2, 0) is 0 Å². The molecule has 5 N–H and O–H groups in total. The number of rotatable bonds is 4. The van der Waals surface area contributed by atoms with Gasteiger partial charge in [0.05, 0.1) is 18.4 Å². The Bertz CT molecular complexity index is 1260. The quantitative estimate of drug-likeness (QED) is 0.515. The Labute approximate surface area is 198 Å². The number of nitrogens with one attached hydrogen (secondary N) is 3. The SMILES string of the molecule is Cc1cccc(N=C2C=CC3=NNC(CNC(=O)c4nc(C#CC(C)(C)C)cnc4N)N3N2)c1. The Balaban J connectivity index is 1.42. The summed E-state index contributed by atoms with van der Waals surface area (Å²) in [5.41, 5.74) is 14.3. The molecule has 1 unspecified atom stereocenters. The van der Waals surface area contributed by atoms with E-state index in [1.807, 2.05) is 64.1 Å². The van der Waals surface area contributed by atoms with Crippen molar-refractivity contribution in [3.8, 4) is 11.8 Å². The van der Waals surface area contributed by atoms with Gasteiger partial charge in [-0.25, -0.2) is 20.0 Å². The molecule has 10 nitrogen and oxygen atoms in total. The van der Waals surface area contributed by atoms with Crippen LogP contribution < -0.4 is 21.9 Å². The van der Waals surface area contributed by atoms with E-state index in [0.717, 1.165) is 11.3 Å². The lowest BCUT2D eigenvalue weighted by molar-refractivity contribution is 0.0935. The molecule has 0 spiro atoms. The first-order valence-electron chi connectivity index (χ1n) is 10.8. The van der Waals surface area contributed by atoms with Crippen LogP contribution in [0.15, 0.2) is 52.7 Å². The van der Waals surface area contributed by atoms with Crippen molar-refractivity contribution in [2.45, 2.75) is 33.9 Å². The third-order valence-corrected chi connectivity index (χ3v) is 4.80. The van der Waals surface area contributed by atoms with Crippen molar-refractivity contribution in [1.82, 2.24) is 31.1 Å². The first kappa shape index (κ1) is 22.8. The minimum absolute atomic E-state index is 0.0352. The van der Waals surface area contributed by atoms with Gasteiger partial charge in [0.2, 0.25) is 0 Å². The highest BCUT2D eigenvalue weighted by atomic mass is 16.2. The Hall–Kier alpha value is -4.39. The molecule has 10 heteroatoms. The molecule has 2 aliphatic heterocycles. The summed E-state index contributed by atoms with van der Waals surface area (Å²) < 4.78 is 0. The standard InChI is InChI=1S/C24H27N9O/c1-15-6-5-7-16(12-15)28-18-8-9-19-30-31-20(33(19)32-18)14-27-23(34)21-22(25)26-13-17(29-21)10-11-24(2,3)4/h5-9,12-13,20,31H,14H2,1-4H3,(H2,25,26)(H,27,34)(H,28,32). The molecule has 1 aromatic heterocycles. The van der Waals surface area contributed by atoms with Crippen LogP contribution in [0.5, 0.6) is 0 Å². The fraction of sp³-hybridized carbons (Fsp3) is 0.292. The number of nitrogens with zero attached hydrogens (tertiary/aromatic N) is 5. The minimum atomic E-state index is -0.444. The number of benzene rings is 1. The molecule has 4 rings (SSSR count). The van der Waals surface area contributed by atoms with E-state index < -0.39 is 5.91 Å². The molecule has 0 bridgehead atoms. The minimum Gasteiger partial charge on any atom is -0.382 e. The van der Waals surface area contributed by atoms with E-state index in [1.54, 1.807) is 5.01 Å². The lowest BCUT2D eigenvalue weighted by atomic mass is 9.98. The molecule has 0 aliphatic carbocycles. The predicted molar refractivity (Wildman–Crippen MR) is 132 cm³/mol. The molecular formula is C24H27N9O. The number of amides is 1. The van der Waals surface area contributed by atoms with E-state index in [9.17, 15) is 4.79 Å². The van der Waals surface area contributed by atoms with Gasteiger partial charge in [0.15, 0.2) is 23.5 Å². The van der Waals surface area contributed by atoms with Crippen molar-refractivity contribution in [3.05, 3.63) is 59.6 Å². The number of fused-ring (bicyclic) bond motifs is 1. The lowest BCUT2D eigenvalue weighted by Crippen LogP contribution is -2.56. The highest BCUT2D eigenvalue weighted by Crippen LogP contribution is 2.16. The second-order valence-electron chi connectivity index (χ2n) is 8.97. The van der Waals surface area contributed by atoms with Crippen LogP contribution in [0.1, 0.15) is 42.5 Å². The molecule has 0 radical (unpaired) electrons. The molecule has 0 fully saturated rings. The monoisotopic (exact) mass is 457 g/mol. The molecule has 3 heterocycles. The molecule has 1 amide bonds. The number of nitrogen functional groups attached to an aromatic ring is 1. The van der Waals surface area contributed by atoms with Gasteiger partial charge in [-0.2, -0.15) is 5.10 Å².